The number of amides is 1. The molecular formula is C21H22FN3O3. The van der Waals surface area contributed by atoms with Crippen molar-refractivity contribution in [2.45, 2.75) is 33.9 Å². The van der Waals surface area contributed by atoms with E-state index >= 15 is 0 Å². The highest BCUT2D eigenvalue weighted by Crippen LogP contribution is 2.14. The van der Waals surface area contributed by atoms with Gasteiger partial charge in [0, 0.05) is 12.2 Å². The normalized spacial score (nSPS) is 11.2. The van der Waals surface area contributed by atoms with Crippen molar-refractivity contribution in [3.8, 4) is 0 Å². The summed E-state index contributed by atoms with van der Waals surface area (Å²) in [6.45, 7) is 5.42. The zero-order valence-corrected chi connectivity index (χ0v) is 16.0. The fraction of sp³-hybridized carbons (Fsp3) is 0.286. The van der Waals surface area contributed by atoms with Gasteiger partial charge in [0.05, 0.1) is 10.9 Å². The molecule has 0 aliphatic carbocycles. The van der Waals surface area contributed by atoms with Gasteiger partial charge in [-0.3, -0.25) is 18.7 Å². The zero-order chi connectivity index (χ0) is 20.4. The Bertz CT molecular complexity index is 1160. The highest BCUT2D eigenvalue weighted by molar-refractivity contribution is 5.91. The summed E-state index contributed by atoms with van der Waals surface area (Å²) >= 11 is 0. The summed E-state index contributed by atoms with van der Waals surface area (Å²) in [6.07, 6.45) is 0. The number of nitrogens with zero attached hydrogens (tertiary/aromatic N) is 2. The number of aryl methyl sites for hydroxylation is 1. The van der Waals surface area contributed by atoms with Crippen LogP contribution in [0.15, 0.2) is 52.1 Å². The lowest BCUT2D eigenvalue weighted by atomic mass is 10.2. The lowest BCUT2D eigenvalue weighted by Crippen LogP contribution is -2.42. The highest BCUT2D eigenvalue weighted by atomic mass is 19.1. The largest absolute Gasteiger partial charge is 0.331 e. The number of para-hydroxylation sites is 1. The van der Waals surface area contributed by atoms with Gasteiger partial charge in [-0.15, -0.1) is 0 Å². The van der Waals surface area contributed by atoms with Crippen LogP contribution >= 0.6 is 0 Å². The molecule has 1 heterocycles. The maximum Gasteiger partial charge on any atom is 0.331 e. The van der Waals surface area contributed by atoms with E-state index in [-0.39, 0.29) is 24.6 Å². The number of hydrogen-bond acceptors (Lipinski definition) is 3. The van der Waals surface area contributed by atoms with Gasteiger partial charge in [-0.1, -0.05) is 32.0 Å². The Morgan fingerprint density at radius 1 is 1.11 bits per heavy atom. The van der Waals surface area contributed by atoms with Crippen molar-refractivity contribution in [3.05, 3.63) is 74.7 Å². The van der Waals surface area contributed by atoms with E-state index in [9.17, 15) is 18.8 Å². The van der Waals surface area contributed by atoms with Crippen molar-refractivity contribution in [2.24, 2.45) is 5.92 Å². The van der Waals surface area contributed by atoms with Crippen LogP contribution < -0.4 is 16.6 Å². The Morgan fingerprint density at radius 2 is 1.82 bits per heavy atom. The molecule has 0 fully saturated rings. The lowest BCUT2D eigenvalue weighted by molar-refractivity contribution is -0.116. The number of carbonyl (C=O) groups excluding carboxylic acids is 1. The Hall–Kier alpha value is -3.22. The van der Waals surface area contributed by atoms with E-state index in [0.717, 1.165) is 4.57 Å². The molecule has 0 bridgehead atoms. The third-order valence-corrected chi connectivity index (χ3v) is 4.44. The van der Waals surface area contributed by atoms with E-state index in [1.165, 1.54) is 10.6 Å². The first-order chi connectivity index (χ1) is 13.3. The minimum atomic E-state index is -0.539. The number of rotatable bonds is 5. The number of anilines is 1. The average Bonchev–Trinajstić information content (AvgIpc) is 2.65. The summed E-state index contributed by atoms with van der Waals surface area (Å²) in [5, 5.41) is 2.97. The average molecular weight is 383 g/mol. The summed E-state index contributed by atoms with van der Waals surface area (Å²) < 4.78 is 16.1. The molecule has 0 saturated heterocycles. The topological polar surface area (TPSA) is 73.1 Å². The van der Waals surface area contributed by atoms with Crippen molar-refractivity contribution in [3.63, 3.8) is 0 Å². The van der Waals surface area contributed by atoms with Crippen LogP contribution in [0.1, 0.15) is 19.4 Å². The fourth-order valence-electron chi connectivity index (χ4n) is 3.06. The summed E-state index contributed by atoms with van der Waals surface area (Å²) in [4.78, 5) is 38.1. The van der Waals surface area contributed by atoms with E-state index in [4.69, 9.17) is 0 Å². The van der Waals surface area contributed by atoms with Crippen LogP contribution in [-0.4, -0.2) is 15.0 Å². The van der Waals surface area contributed by atoms with Crippen LogP contribution in [0, 0.1) is 18.7 Å². The van der Waals surface area contributed by atoms with Crippen LogP contribution in [0.5, 0.6) is 0 Å². The Kier molecular flexibility index (Phi) is 5.44. The third-order valence-electron chi connectivity index (χ3n) is 4.44. The summed E-state index contributed by atoms with van der Waals surface area (Å²) in [5.41, 5.74) is 0.263. The first-order valence-corrected chi connectivity index (χ1v) is 9.06. The second-order valence-electron chi connectivity index (χ2n) is 7.21. The molecule has 0 spiro atoms. The van der Waals surface area contributed by atoms with Crippen molar-refractivity contribution < 1.29 is 9.18 Å². The van der Waals surface area contributed by atoms with Crippen LogP contribution in [-0.2, 0) is 17.9 Å². The van der Waals surface area contributed by atoms with E-state index in [2.05, 4.69) is 5.32 Å². The van der Waals surface area contributed by atoms with Gasteiger partial charge >= 0.3 is 5.69 Å². The smallest absolute Gasteiger partial charge is 0.324 e. The molecule has 1 N–H and O–H groups in total. The number of aromatic nitrogens is 2. The van der Waals surface area contributed by atoms with E-state index in [1.807, 2.05) is 13.8 Å². The third kappa shape index (κ3) is 3.88. The quantitative estimate of drug-likeness (QED) is 0.736. The van der Waals surface area contributed by atoms with Crippen molar-refractivity contribution >= 4 is 22.5 Å². The van der Waals surface area contributed by atoms with Gasteiger partial charge in [0.15, 0.2) is 0 Å². The summed E-state index contributed by atoms with van der Waals surface area (Å²) in [5.74, 6) is -0.819. The molecule has 0 saturated carbocycles. The van der Waals surface area contributed by atoms with Crippen molar-refractivity contribution in [1.82, 2.24) is 9.13 Å². The van der Waals surface area contributed by atoms with E-state index < -0.39 is 17.4 Å². The standard InChI is InChI=1S/C21H22FN3O3/c1-13(2)11-25-20(27)16-6-4-5-7-18(16)24(21(25)28)12-19(26)23-15-9-8-14(3)17(22)10-15/h4-10,13H,11-12H2,1-3H3,(H,23,26). The molecule has 0 aliphatic heterocycles. The lowest BCUT2D eigenvalue weighted by Gasteiger charge is -2.15. The van der Waals surface area contributed by atoms with Gasteiger partial charge in [-0.25, -0.2) is 9.18 Å². The molecule has 0 radical (unpaired) electrons. The predicted molar refractivity (Wildman–Crippen MR) is 107 cm³/mol. The molecule has 1 aromatic heterocycles. The van der Waals surface area contributed by atoms with Gasteiger partial charge in [-0.2, -0.15) is 0 Å². The number of nitrogens with one attached hydrogen (secondary N) is 1. The monoisotopic (exact) mass is 383 g/mol. The fourth-order valence-corrected chi connectivity index (χ4v) is 3.06. The number of benzene rings is 2. The van der Waals surface area contributed by atoms with Gasteiger partial charge in [0.2, 0.25) is 5.91 Å². The molecule has 146 valence electrons. The van der Waals surface area contributed by atoms with Crippen LogP contribution in [0.4, 0.5) is 10.1 Å². The minimum absolute atomic E-state index is 0.0874. The summed E-state index contributed by atoms with van der Waals surface area (Å²) in [7, 11) is 0. The number of hydrogen-bond donors (Lipinski definition) is 1. The Morgan fingerprint density at radius 3 is 2.50 bits per heavy atom. The molecule has 0 atom stereocenters. The molecule has 3 rings (SSSR count). The maximum atomic E-state index is 13.7. The molecule has 2 aromatic carbocycles. The SMILES string of the molecule is Cc1ccc(NC(=O)Cn2c(=O)n(CC(C)C)c(=O)c3ccccc32)cc1F. The maximum absolute atomic E-state index is 13.7. The van der Waals surface area contributed by atoms with E-state index in [0.29, 0.717) is 22.2 Å². The van der Waals surface area contributed by atoms with Crippen molar-refractivity contribution in [1.29, 1.82) is 0 Å². The van der Waals surface area contributed by atoms with Gasteiger partial charge in [0.1, 0.15) is 12.4 Å². The van der Waals surface area contributed by atoms with Crippen LogP contribution in [0.25, 0.3) is 10.9 Å². The number of halogens is 1. The van der Waals surface area contributed by atoms with Crippen molar-refractivity contribution in [2.75, 3.05) is 5.32 Å². The molecule has 3 aromatic rings. The molecule has 6 nitrogen and oxygen atoms in total. The first-order valence-electron chi connectivity index (χ1n) is 9.06. The van der Waals surface area contributed by atoms with Gasteiger partial charge < -0.3 is 5.32 Å². The molecular weight excluding hydrogens is 361 g/mol. The minimum Gasteiger partial charge on any atom is -0.324 e. The first kappa shape index (κ1) is 19.5. The number of carbonyl (C=O) groups is 1. The molecule has 7 heteroatoms. The van der Waals surface area contributed by atoms with Crippen LogP contribution in [0.3, 0.4) is 0 Å². The Labute approximate surface area is 161 Å². The highest BCUT2D eigenvalue weighted by Gasteiger charge is 2.16. The Balaban J connectivity index is 2.02. The summed E-state index contributed by atoms with van der Waals surface area (Å²) in [6, 6.07) is 11.1. The second-order valence-corrected chi connectivity index (χ2v) is 7.21. The van der Waals surface area contributed by atoms with Crippen LogP contribution in [0.2, 0.25) is 0 Å². The van der Waals surface area contributed by atoms with Gasteiger partial charge in [-0.05, 0) is 42.7 Å². The van der Waals surface area contributed by atoms with E-state index in [1.54, 1.807) is 43.3 Å². The number of fused-ring (bicyclic) bond motifs is 1. The molecule has 1 amide bonds. The predicted octanol–water partition coefficient (Wildman–Crippen LogP) is 2.91. The molecule has 0 aliphatic rings. The van der Waals surface area contributed by atoms with Gasteiger partial charge in [0.25, 0.3) is 5.56 Å². The second kappa shape index (κ2) is 7.80. The molecule has 28 heavy (non-hydrogen) atoms. The molecule has 0 unspecified atom stereocenters. The zero-order valence-electron chi connectivity index (χ0n) is 16.0.